The van der Waals surface area contributed by atoms with Gasteiger partial charge in [0.25, 0.3) is 0 Å². The van der Waals surface area contributed by atoms with E-state index in [1.807, 2.05) is 0 Å². The van der Waals surface area contributed by atoms with Crippen molar-refractivity contribution < 1.29 is 16.8 Å². The van der Waals surface area contributed by atoms with Crippen LogP contribution in [0.3, 0.4) is 0 Å². The molecule has 6 nitrogen and oxygen atoms in total. The molecule has 0 aliphatic rings. The third kappa shape index (κ3) is 5.83. The van der Waals surface area contributed by atoms with E-state index in [-0.39, 0.29) is 22.9 Å². The zero-order valence-corrected chi connectivity index (χ0v) is 16.6. The number of anilines is 2. The third-order valence-corrected chi connectivity index (χ3v) is 6.35. The second-order valence-electron chi connectivity index (χ2n) is 6.24. The van der Waals surface area contributed by atoms with Gasteiger partial charge in [-0.3, -0.25) is 9.44 Å². The van der Waals surface area contributed by atoms with Gasteiger partial charge in [0.2, 0.25) is 20.0 Å². The summed E-state index contributed by atoms with van der Waals surface area (Å²) in [5.74, 6) is -0.419. The molecule has 0 aliphatic heterocycles. The number of para-hydroxylation sites is 2. The predicted octanol–water partition coefficient (Wildman–Crippen LogP) is 3.57. The highest BCUT2D eigenvalue weighted by atomic mass is 32.2. The Labute approximate surface area is 165 Å². The van der Waals surface area contributed by atoms with Crippen LogP contribution in [-0.2, 0) is 31.6 Å². The number of hydrogen-bond donors (Lipinski definition) is 2. The van der Waals surface area contributed by atoms with Gasteiger partial charge >= 0.3 is 0 Å². The van der Waals surface area contributed by atoms with E-state index in [2.05, 4.69) is 9.44 Å². The van der Waals surface area contributed by atoms with Crippen molar-refractivity contribution in [2.45, 2.75) is 11.5 Å². The van der Waals surface area contributed by atoms with Gasteiger partial charge in [-0.25, -0.2) is 16.8 Å². The molecule has 0 spiro atoms. The SMILES string of the molecule is O=S(=O)(Cc1ccccc1)Nc1ccccc1NS(=O)(=O)Cc1ccccc1. The molecule has 0 unspecified atom stereocenters. The summed E-state index contributed by atoms with van der Waals surface area (Å²) in [6.07, 6.45) is 0. The summed E-state index contributed by atoms with van der Waals surface area (Å²) in [5, 5.41) is 0. The zero-order valence-electron chi connectivity index (χ0n) is 14.9. The summed E-state index contributed by atoms with van der Waals surface area (Å²) in [4.78, 5) is 0. The van der Waals surface area contributed by atoms with Crippen LogP contribution in [0, 0.1) is 0 Å². The Hall–Kier alpha value is -2.84. The summed E-state index contributed by atoms with van der Waals surface area (Å²) >= 11 is 0. The maximum absolute atomic E-state index is 12.5. The molecule has 3 aromatic rings. The van der Waals surface area contributed by atoms with Crippen molar-refractivity contribution in [3.05, 3.63) is 96.1 Å². The van der Waals surface area contributed by atoms with Gasteiger partial charge in [0.15, 0.2) is 0 Å². The molecule has 0 aromatic heterocycles. The topological polar surface area (TPSA) is 92.3 Å². The molecule has 3 rings (SSSR count). The van der Waals surface area contributed by atoms with Gasteiger partial charge in [0, 0.05) is 0 Å². The maximum atomic E-state index is 12.5. The molecule has 2 N–H and O–H groups in total. The van der Waals surface area contributed by atoms with Crippen molar-refractivity contribution in [3.8, 4) is 0 Å². The van der Waals surface area contributed by atoms with Crippen LogP contribution in [0.5, 0.6) is 0 Å². The first-order valence-corrected chi connectivity index (χ1v) is 11.8. The van der Waals surface area contributed by atoms with Crippen molar-refractivity contribution in [1.82, 2.24) is 0 Å². The Morgan fingerprint density at radius 3 is 1.18 bits per heavy atom. The average Bonchev–Trinajstić information content (AvgIpc) is 2.64. The van der Waals surface area contributed by atoms with Crippen LogP contribution >= 0.6 is 0 Å². The lowest BCUT2D eigenvalue weighted by Crippen LogP contribution is -2.19. The van der Waals surface area contributed by atoms with Gasteiger partial charge in [-0.15, -0.1) is 0 Å². The normalized spacial score (nSPS) is 11.7. The minimum absolute atomic E-state index is 0.176. The monoisotopic (exact) mass is 416 g/mol. The molecule has 0 saturated heterocycles. The summed E-state index contributed by atoms with van der Waals surface area (Å²) in [5.41, 5.74) is 1.62. The Morgan fingerprint density at radius 1 is 0.500 bits per heavy atom. The Kier molecular flexibility index (Phi) is 6.01. The molecule has 0 atom stereocenters. The van der Waals surface area contributed by atoms with Crippen LogP contribution in [0.15, 0.2) is 84.9 Å². The van der Waals surface area contributed by atoms with E-state index >= 15 is 0 Å². The molecule has 8 heteroatoms. The second kappa shape index (κ2) is 8.45. The van der Waals surface area contributed by atoms with E-state index in [1.54, 1.807) is 72.8 Å². The van der Waals surface area contributed by atoms with E-state index in [0.717, 1.165) is 0 Å². The van der Waals surface area contributed by atoms with E-state index in [1.165, 1.54) is 12.1 Å². The standard InChI is InChI=1S/C20H20N2O4S2/c23-27(24,15-17-9-3-1-4-10-17)21-19-13-7-8-14-20(19)22-28(25,26)16-18-11-5-2-6-12-18/h1-14,21-22H,15-16H2. The Morgan fingerprint density at radius 2 is 0.821 bits per heavy atom. The molecule has 146 valence electrons. The number of benzene rings is 3. The van der Waals surface area contributed by atoms with Crippen molar-refractivity contribution in [2.75, 3.05) is 9.44 Å². The molecule has 0 fully saturated rings. The summed E-state index contributed by atoms with van der Waals surface area (Å²) < 4.78 is 54.9. The van der Waals surface area contributed by atoms with Crippen molar-refractivity contribution in [3.63, 3.8) is 0 Å². The van der Waals surface area contributed by atoms with Gasteiger partial charge in [0.1, 0.15) is 0 Å². The number of rotatable bonds is 8. The van der Waals surface area contributed by atoms with Crippen molar-refractivity contribution in [1.29, 1.82) is 0 Å². The zero-order chi connectivity index (χ0) is 20.0. The van der Waals surface area contributed by atoms with Crippen LogP contribution in [-0.4, -0.2) is 16.8 Å². The van der Waals surface area contributed by atoms with Gasteiger partial charge in [-0.1, -0.05) is 72.8 Å². The Bertz CT molecular complexity index is 1040. The van der Waals surface area contributed by atoms with Crippen LogP contribution in [0.25, 0.3) is 0 Å². The second-order valence-corrected chi connectivity index (χ2v) is 9.68. The highest BCUT2D eigenvalue weighted by Gasteiger charge is 2.17. The molecule has 28 heavy (non-hydrogen) atoms. The van der Waals surface area contributed by atoms with Gasteiger partial charge in [-0.05, 0) is 23.3 Å². The molecule has 0 amide bonds. The summed E-state index contributed by atoms with van der Waals surface area (Å²) in [6, 6.07) is 23.8. The van der Waals surface area contributed by atoms with Crippen LogP contribution in [0.4, 0.5) is 11.4 Å². The van der Waals surface area contributed by atoms with Crippen molar-refractivity contribution >= 4 is 31.4 Å². The lowest BCUT2D eigenvalue weighted by molar-refractivity contribution is 0.598. The quantitative estimate of drug-likeness (QED) is 0.587. The molecular weight excluding hydrogens is 396 g/mol. The molecule has 0 bridgehead atoms. The highest BCUT2D eigenvalue weighted by Crippen LogP contribution is 2.25. The first-order chi connectivity index (χ1) is 13.3. The molecular formula is C20H20N2O4S2. The van der Waals surface area contributed by atoms with Crippen LogP contribution < -0.4 is 9.44 Å². The van der Waals surface area contributed by atoms with Crippen LogP contribution in [0.2, 0.25) is 0 Å². The van der Waals surface area contributed by atoms with Gasteiger partial charge in [-0.2, -0.15) is 0 Å². The lowest BCUT2D eigenvalue weighted by atomic mass is 10.2. The van der Waals surface area contributed by atoms with Crippen LogP contribution in [0.1, 0.15) is 11.1 Å². The van der Waals surface area contributed by atoms with E-state index < -0.39 is 20.0 Å². The lowest BCUT2D eigenvalue weighted by Gasteiger charge is -2.14. The molecule has 0 radical (unpaired) electrons. The number of hydrogen-bond acceptors (Lipinski definition) is 4. The first-order valence-electron chi connectivity index (χ1n) is 8.51. The largest absolute Gasteiger partial charge is 0.281 e. The van der Waals surface area contributed by atoms with Crippen molar-refractivity contribution in [2.24, 2.45) is 0 Å². The molecule has 0 aliphatic carbocycles. The van der Waals surface area contributed by atoms with Gasteiger partial charge in [0.05, 0.1) is 22.9 Å². The minimum atomic E-state index is -3.71. The first kappa shape index (κ1) is 19.9. The fourth-order valence-electron chi connectivity index (χ4n) is 2.66. The Balaban J connectivity index is 1.77. The average molecular weight is 417 g/mol. The summed E-state index contributed by atoms with van der Waals surface area (Å²) in [7, 11) is -7.42. The van der Waals surface area contributed by atoms with E-state index in [0.29, 0.717) is 11.1 Å². The third-order valence-electron chi connectivity index (χ3n) is 3.86. The fourth-order valence-corrected chi connectivity index (χ4v) is 5.09. The highest BCUT2D eigenvalue weighted by molar-refractivity contribution is 7.92. The number of sulfonamides is 2. The van der Waals surface area contributed by atoms with E-state index in [4.69, 9.17) is 0 Å². The smallest absolute Gasteiger partial charge is 0.236 e. The van der Waals surface area contributed by atoms with Gasteiger partial charge < -0.3 is 0 Å². The predicted molar refractivity (Wildman–Crippen MR) is 112 cm³/mol. The summed E-state index contributed by atoms with van der Waals surface area (Å²) in [6.45, 7) is 0. The fraction of sp³-hybridized carbons (Fsp3) is 0.100. The molecule has 3 aromatic carbocycles. The molecule has 0 saturated carbocycles. The van der Waals surface area contributed by atoms with E-state index in [9.17, 15) is 16.8 Å². The number of nitrogens with one attached hydrogen (secondary N) is 2. The molecule has 0 heterocycles. The minimum Gasteiger partial charge on any atom is -0.281 e. The maximum Gasteiger partial charge on any atom is 0.236 e.